The Kier molecular flexibility index (Phi) is 7.18. The fraction of sp³-hybridized carbons (Fsp3) is 0.182. The normalized spacial score (nSPS) is 13.5. The van der Waals surface area contributed by atoms with Crippen molar-refractivity contribution in [3.63, 3.8) is 0 Å². The number of ether oxygens (including phenoxy) is 1. The molecule has 0 spiro atoms. The molecule has 3 aromatic carbocycles. The van der Waals surface area contributed by atoms with E-state index in [0.717, 1.165) is 18.5 Å². The molecule has 4 N–H and O–H groups in total. The molecule has 1 aliphatic carbocycles. The number of amides is 2. The number of halogens is 1. The fourth-order valence-corrected chi connectivity index (χ4v) is 5.12. The number of nitrogens with zero attached hydrogens (tertiary/aromatic N) is 1. The van der Waals surface area contributed by atoms with Gasteiger partial charge in [0.25, 0.3) is 11.8 Å². The minimum atomic E-state index is -0.470. The molecule has 0 radical (unpaired) electrons. The number of pyridine rings is 1. The highest BCUT2D eigenvalue weighted by Crippen LogP contribution is 2.45. The highest BCUT2D eigenvalue weighted by atomic mass is 19.1. The van der Waals surface area contributed by atoms with Crippen LogP contribution in [-0.4, -0.2) is 37.0 Å². The quantitative estimate of drug-likeness (QED) is 0.220. The van der Waals surface area contributed by atoms with E-state index in [9.17, 15) is 14.0 Å². The van der Waals surface area contributed by atoms with Gasteiger partial charge < -0.3 is 25.5 Å². The van der Waals surface area contributed by atoms with Crippen molar-refractivity contribution in [1.29, 1.82) is 0 Å². The molecule has 0 unspecified atom stereocenters. The Morgan fingerprint density at radius 1 is 1.00 bits per heavy atom. The second-order valence-corrected chi connectivity index (χ2v) is 10.2. The molecule has 0 saturated heterocycles. The van der Waals surface area contributed by atoms with Gasteiger partial charge in [-0.3, -0.25) is 14.6 Å². The molecule has 6 rings (SSSR count). The van der Waals surface area contributed by atoms with E-state index in [4.69, 9.17) is 14.9 Å². The van der Waals surface area contributed by atoms with E-state index < -0.39 is 5.54 Å². The average molecular weight is 565 g/mol. The van der Waals surface area contributed by atoms with Gasteiger partial charge in [-0.15, -0.1) is 0 Å². The van der Waals surface area contributed by atoms with E-state index in [0.29, 0.717) is 56.8 Å². The summed E-state index contributed by atoms with van der Waals surface area (Å²) in [4.78, 5) is 31.0. The number of rotatable bonds is 9. The van der Waals surface area contributed by atoms with Gasteiger partial charge >= 0.3 is 0 Å². The molecule has 1 saturated carbocycles. The number of hydrogen-bond acceptors (Lipinski definition) is 6. The van der Waals surface area contributed by atoms with Gasteiger partial charge in [0, 0.05) is 41.9 Å². The van der Waals surface area contributed by atoms with Crippen LogP contribution in [0.15, 0.2) is 89.5 Å². The maximum absolute atomic E-state index is 13.6. The Bertz CT molecular complexity index is 1780. The lowest BCUT2D eigenvalue weighted by atomic mass is 9.98. The van der Waals surface area contributed by atoms with Crippen LogP contribution in [0.5, 0.6) is 5.75 Å². The van der Waals surface area contributed by atoms with Crippen LogP contribution in [0.25, 0.3) is 33.4 Å². The van der Waals surface area contributed by atoms with Gasteiger partial charge in [-0.25, -0.2) is 4.39 Å². The summed E-state index contributed by atoms with van der Waals surface area (Å²) in [6, 6.07) is 22.2. The Hall–Kier alpha value is -5.02. The zero-order chi connectivity index (χ0) is 29.3. The summed E-state index contributed by atoms with van der Waals surface area (Å²) in [5.74, 6) is -0.0781. The van der Waals surface area contributed by atoms with Gasteiger partial charge in [0.1, 0.15) is 29.5 Å². The number of fused-ring (bicyclic) bond motifs is 1. The zero-order valence-corrected chi connectivity index (χ0v) is 22.9. The second-order valence-electron chi connectivity index (χ2n) is 10.2. The van der Waals surface area contributed by atoms with Gasteiger partial charge in [0.05, 0.1) is 16.8 Å². The summed E-state index contributed by atoms with van der Waals surface area (Å²) in [6.45, 7) is 0.602. The van der Waals surface area contributed by atoms with Crippen molar-refractivity contribution < 1.29 is 23.1 Å². The smallest absolute Gasteiger partial charge is 0.255 e. The highest BCUT2D eigenvalue weighted by molar-refractivity contribution is 6.12. The molecule has 1 aliphatic rings. The Morgan fingerprint density at radius 3 is 2.48 bits per heavy atom. The number of benzene rings is 3. The number of hydrogen-bond donors (Lipinski definition) is 3. The average Bonchev–Trinajstić information content (AvgIpc) is 3.71. The first-order valence-corrected chi connectivity index (χ1v) is 13.7. The van der Waals surface area contributed by atoms with Crippen molar-refractivity contribution in [2.24, 2.45) is 5.73 Å². The standard InChI is InChI=1S/C33H29FN4O4/c1-36-32(40)29-25-18-21(7-12-27(25)42-30(29)20-5-9-23(34)10-6-20)24-19-22(8-11-26(24)41-17-15-35)31(39)38-33(13-14-33)28-4-2-3-16-37-28/h2-12,16,18-19H,13-15,17,35H2,1H3,(H,36,40)(H,38,39). The molecule has 0 bridgehead atoms. The zero-order valence-electron chi connectivity index (χ0n) is 22.9. The lowest BCUT2D eigenvalue weighted by Gasteiger charge is -2.18. The van der Waals surface area contributed by atoms with Gasteiger partial charge in [-0.05, 0) is 85.1 Å². The van der Waals surface area contributed by atoms with Crippen molar-refractivity contribution >= 4 is 22.8 Å². The molecular weight excluding hydrogens is 535 g/mol. The number of furan rings is 1. The number of carbonyl (C=O) groups excluding carboxylic acids is 2. The number of nitrogens with one attached hydrogen (secondary N) is 2. The Morgan fingerprint density at radius 2 is 1.79 bits per heavy atom. The first-order valence-electron chi connectivity index (χ1n) is 13.7. The van der Waals surface area contributed by atoms with E-state index in [1.807, 2.05) is 30.3 Å². The van der Waals surface area contributed by atoms with Crippen molar-refractivity contribution in [2.45, 2.75) is 18.4 Å². The number of aromatic nitrogens is 1. The third kappa shape index (κ3) is 5.10. The molecule has 2 amide bonds. The topological polar surface area (TPSA) is 119 Å². The summed E-state index contributed by atoms with van der Waals surface area (Å²) in [7, 11) is 1.54. The first-order chi connectivity index (χ1) is 20.4. The maximum atomic E-state index is 13.6. The summed E-state index contributed by atoms with van der Waals surface area (Å²) in [5.41, 5.74) is 9.29. The van der Waals surface area contributed by atoms with Crippen molar-refractivity contribution in [3.05, 3.63) is 108 Å². The highest BCUT2D eigenvalue weighted by Gasteiger charge is 2.47. The van der Waals surface area contributed by atoms with Crippen LogP contribution in [-0.2, 0) is 5.54 Å². The third-order valence-corrected chi connectivity index (χ3v) is 7.43. The first kappa shape index (κ1) is 27.2. The van der Waals surface area contributed by atoms with E-state index in [1.165, 1.54) is 19.2 Å². The van der Waals surface area contributed by atoms with Crippen LogP contribution >= 0.6 is 0 Å². The maximum Gasteiger partial charge on any atom is 0.255 e. The molecule has 212 valence electrons. The number of nitrogens with two attached hydrogens (primary N) is 1. The van der Waals surface area contributed by atoms with E-state index in [1.54, 1.807) is 42.6 Å². The lowest BCUT2D eigenvalue weighted by Crippen LogP contribution is -2.35. The SMILES string of the molecule is CNC(=O)c1c(-c2ccc(F)cc2)oc2ccc(-c3cc(C(=O)NC4(c5ccccn5)CC4)ccc3OCCN)cc12. The molecule has 42 heavy (non-hydrogen) atoms. The minimum absolute atomic E-state index is 0.223. The largest absolute Gasteiger partial charge is 0.492 e. The Labute approximate surface area is 241 Å². The molecule has 9 heteroatoms. The van der Waals surface area contributed by atoms with Crippen molar-refractivity contribution in [2.75, 3.05) is 20.2 Å². The van der Waals surface area contributed by atoms with Gasteiger partial charge in [0.15, 0.2) is 0 Å². The van der Waals surface area contributed by atoms with Crippen LogP contribution in [0.3, 0.4) is 0 Å². The molecule has 0 aliphatic heterocycles. The van der Waals surface area contributed by atoms with Crippen LogP contribution in [0.4, 0.5) is 4.39 Å². The number of carbonyl (C=O) groups is 2. The van der Waals surface area contributed by atoms with E-state index >= 15 is 0 Å². The third-order valence-electron chi connectivity index (χ3n) is 7.43. The Balaban J connectivity index is 1.42. The monoisotopic (exact) mass is 564 g/mol. The molecule has 2 heterocycles. The summed E-state index contributed by atoms with van der Waals surface area (Å²) < 4.78 is 25.7. The van der Waals surface area contributed by atoms with Crippen LogP contribution in [0.1, 0.15) is 39.3 Å². The minimum Gasteiger partial charge on any atom is -0.492 e. The molecule has 0 atom stereocenters. The molecule has 5 aromatic rings. The summed E-state index contributed by atoms with van der Waals surface area (Å²) in [5, 5.41) is 6.41. The van der Waals surface area contributed by atoms with Crippen molar-refractivity contribution in [1.82, 2.24) is 15.6 Å². The van der Waals surface area contributed by atoms with Gasteiger partial charge in [0.2, 0.25) is 0 Å². The van der Waals surface area contributed by atoms with E-state index in [2.05, 4.69) is 15.6 Å². The predicted molar refractivity (Wildman–Crippen MR) is 158 cm³/mol. The van der Waals surface area contributed by atoms with Gasteiger partial charge in [-0.2, -0.15) is 0 Å². The lowest BCUT2D eigenvalue weighted by molar-refractivity contribution is 0.0928. The molecule has 1 fully saturated rings. The van der Waals surface area contributed by atoms with Crippen molar-refractivity contribution in [3.8, 4) is 28.2 Å². The summed E-state index contributed by atoms with van der Waals surface area (Å²) in [6.07, 6.45) is 3.36. The molecular formula is C33H29FN4O4. The molecule has 8 nitrogen and oxygen atoms in total. The van der Waals surface area contributed by atoms with E-state index in [-0.39, 0.29) is 24.2 Å². The van der Waals surface area contributed by atoms with Crippen LogP contribution < -0.4 is 21.1 Å². The van der Waals surface area contributed by atoms with Crippen LogP contribution in [0.2, 0.25) is 0 Å². The van der Waals surface area contributed by atoms with Crippen LogP contribution in [0, 0.1) is 5.82 Å². The fourth-order valence-electron chi connectivity index (χ4n) is 5.12. The second kappa shape index (κ2) is 11.1. The summed E-state index contributed by atoms with van der Waals surface area (Å²) >= 11 is 0. The van der Waals surface area contributed by atoms with Gasteiger partial charge in [-0.1, -0.05) is 12.1 Å². The predicted octanol–water partition coefficient (Wildman–Crippen LogP) is 5.42. The molecule has 2 aromatic heterocycles.